The Labute approximate surface area is 114 Å². The van der Waals surface area contributed by atoms with Crippen molar-refractivity contribution in [2.24, 2.45) is 5.92 Å². The second-order valence-corrected chi connectivity index (χ2v) is 5.21. The van der Waals surface area contributed by atoms with Crippen molar-refractivity contribution in [2.45, 2.75) is 33.2 Å². The van der Waals surface area contributed by atoms with Gasteiger partial charge in [-0.3, -0.25) is 0 Å². The number of hydrogen-bond acceptors (Lipinski definition) is 4. The van der Waals surface area contributed by atoms with Gasteiger partial charge >= 0.3 is 0 Å². The summed E-state index contributed by atoms with van der Waals surface area (Å²) in [5.74, 6) is 0.729. The first-order chi connectivity index (χ1) is 9.16. The van der Waals surface area contributed by atoms with Gasteiger partial charge in [0.15, 0.2) is 0 Å². The molecule has 0 fully saturated rings. The third-order valence-corrected chi connectivity index (χ3v) is 3.16. The fourth-order valence-corrected chi connectivity index (χ4v) is 1.92. The lowest BCUT2D eigenvalue weighted by atomic mass is 10.1. The number of hydrogen-bond donors (Lipinski definition) is 1. The molecule has 1 unspecified atom stereocenters. The minimum Gasteiger partial charge on any atom is -0.310 e. The van der Waals surface area contributed by atoms with E-state index in [1.54, 1.807) is 11.0 Å². The van der Waals surface area contributed by atoms with Crippen LogP contribution in [0.3, 0.4) is 0 Å². The zero-order chi connectivity index (χ0) is 13.7. The van der Waals surface area contributed by atoms with Crippen LogP contribution in [0.4, 0.5) is 0 Å². The van der Waals surface area contributed by atoms with Crippen molar-refractivity contribution >= 4 is 0 Å². The molecule has 0 aliphatic heterocycles. The summed E-state index contributed by atoms with van der Waals surface area (Å²) in [4.78, 5) is 0. The van der Waals surface area contributed by atoms with Crippen LogP contribution in [-0.4, -0.2) is 26.8 Å². The van der Waals surface area contributed by atoms with Gasteiger partial charge < -0.3 is 5.32 Å². The molecular formula is C14H21N5. The number of benzene rings is 1. The summed E-state index contributed by atoms with van der Waals surface area (Å²) in [6.07, 6.45) is 2.80. The molecule has 102 valence electrons. The van der Waals surface area contributed by atoms with Crippen molar-refractivity contribution in [2.75, 3.05) is 6.54 Å². The van der Waals surface area contributed by atoms with Crippen LogP contribution in [0.1, 0.15) is 38.8 Å². The normalized spacial score (nSPS) is 12.8. The van der Waals surface area contributed by atoms with Gasteiger partial charge in [-0.05, 0) is 53.9 Å². The quantitative estimate of drug-likeness (QED) is 0.865. The fraction of sp³-hybridized carbons (Fsp3) is 0.500. The maximum absolute atomic E-state index is 3.91. The molecule has 5 heteroatoms. The van der Waals surface area contributed by atoms with Crippen LogP contribution in [0, 0.1) is 5.92 Å². The molecule has 0 saturated heterocycles. The van der Waals surface area contributed by atoms with Crippen molar-refractivity contribution < 1.29 is 0 Å². The lowest BCUT2D eigenvalue weighted by Gasteiger charge is -2.16. The molecule has 0 radical (unpaired) electrons. The third-order valence-electron chi connectivity index (χ3n) is 3.16. The van der Waals surface area contributed by atoms with E-state index in [4.69, 9.17) is 0 Å². The van der Waals surface area contributed by atoms with Crippen molar-refractivity contribution in [1.29, 1.82) is 0 Å². The number of aromatic nitrogens is 4. The van der Waals surface area contributed by atoms with Gasteiger partial charge in [-0.2, -0.15) is 0 Å². The zero-order valence-corrected chi connectivity index (χ0v) is 11.7. The van der Waals surface area contributed by atoms with Gasteiger partial charge in [0, 0.05) is 6.04 Å². The summed E-state index contributed by atoms with van der Waals surface area (Å²) in [7, 11) is 0. The molecule has 1 aromatic heterocycles. The predicted molar refractivity (Wildman–Crippen MR) is 75.0 cm³/mol. The first kappa shape index (κ1) is 13.7. The molecule has 1 atom stereocenters. The molecule has 0 amide bonds. The van der Waals surface area contributed by atoms with Crippen LogP contribution in [0.2, 0.25) is 0 Å². The molecule has 1 heterocycles. The molecular weight excluding hydrogens is 238 g/mol. The van der Waals surface area contributed by atoms with E-state index < -0.39 is 0 Å². The van der Waals surface area contributed by atoms with Gasteiger partial charge in [-0.1, -0.05) is 26.0 Å². The van der Waals surface area contributed by atoms with E-state index in [2.05, 4.69) is 53.7 Å². The summed E-state index contributed by atoms with van der Waals surface area (Å²) >= 11 is 0. The van der Waals surface area contributed by atoms with Crippen molar-refractivity contribution in [1.82, 2.24) is 25.5 Å². The topological polar surface area (TPSA) is 55.6 Å². The Bertz CT molecular complexity index is 492. The standard InChI is InChI=1S/C14H21N5/c1-11(2)7-8-15-12(3)13-5-4-6-14(9-13)19-10-16-17-18-19/h4-6,9-12,15H,7-8H2,1-3H3. The molecule has 0 saturated carbocycles. The molecule has 1 aromatic carbocycles. The Hall–Kier alpha value is -1.75. The predicted octanol–water partition coefficient (Wildman–Crippen LogP) is 2.36. The van der Waals surface area contributed by atoms with E-state index in [-0.39, 0.29) is 0 Å². The van der Waals surface area contributed by atoms with Crippen LogP contribution < -0.4 is 5.32 Å². The van der Waals surface area contributed by atoms with Crippen molar-refractivity contribution in [3.8, 4) is 5.69 Å². The molecule has 0 aliphatic rings. The van der Waals surface area contributed by atoms with Crippen LogP contribution >= 0.6 is 0 Å². The Balaban J connectivity index is 2.02. The smallest absolute Gasteiger partial charge is 0.143 e. The lowest BCUT2D eigenvalue weighted by molar-refractivity contribution is 0.497. The monoisotopic (exact) mass is 259 g/mol. The van der Waals surface area contributed by atoms with Gasteiger partial charge in [-0.25, -0.2) is 4.68 Å². The van der Waals surface area contributed by atoms with Gasteiger partial charge in [0.2, 0.25) is 0 Å². The van der Waals surface area contributed by atoms with Crippen LogP contribution in [0.15, 0.2) is 30.6 Å². The number of nitrogens with one attached hydrogen (secondary N) is 1. The Kier molecular flexibility index (Phi) is 4.63. The average Bonchev–Trinajstić information content (AvgIpc) is 2.92. The van der Waals surface area contributed by atoms with E-state index >= 15 is 0 Å². The molecule has 5 nitrogen and oxygen atoms in total. The van der Waals surface area contributed by atoms with Crippen LogP contribution in [-0.2, 0) is 0 Å². The zero-order valence-electron chi connectivity index (χ0n) is 11.7. The Morgan fingerprint density at radius 1 is 1.26 bits per heavy atom. The molecule has 0 bridgehead atoms. The van der Waals surface area contributed by atoms with E-state index in [0.717, 1.165) is 18.2 Å². The molecule has 0 aliphatic carbocycles. The van der Waals surface area contributed by atoms with E-state index in [0.29, 0.717) is 6.04 Å². The second-order valence-electron chi connectivity index (χ2n) is 5.21. The summed E-state index contributed by atoms with van der Waals surface area (Å²) in [5.41, 5.74) is 2.23. The minimum absolute atomic E-state index is 0.329. The summed E-state index contributed by atoms with van der Waals surface area (Å²) < 4.78 is 1.67. The van der Waals surface area contributed by atoms with Gasteiger partial charge in [0.1, 0.15) is 6.33 Å². The van der Waals surface area contributed by atoms with Gasteiger partial charge in [0.25, 0.3) is 0 Å². The summed E-state index contributed by atoms with van der Waals surface area (Å²) in [6, 6.07) is 8.60. The molecule has 2 aromatic rings. The highest BCUT2D eigenvalue weighted by atomic mass is 15.5. The number of tetrazole rings is 1. The number of nitrogens with zero attached hydrogens (tertiary/aromatic N) is 4. The average molecular weight is 259 g/mol. The lowest BCUT2D eigenvalue weighted by Crippen LogP contribution is -2.21. The molecule has 19 heavy (non-hydrogen) atoms. The van der Waals surface area contributed by atoms with Crippen molar-refractivity contribution in [3.05, 3.63) is 36.2 Å². The van der Waals surface area contributed by atoms with Gasteiger partial charge in [0.05, 0.1) is 5.69 Å². The van der Waals surface area contributed by atoms with E-state index in [1.807, 2.05) is 12.1 Å². The minimum atomic E-state index is 0.329. The van der Waals surface area contributed by atoms with E-state index in [9.17, 15) is 0 Å². The Morgan fingerprint density at radius 3 is 2.79 bits per heavy atom. The van der Waals surface area contributed by atoms with Crippen LogP contribution in [0.5, 0.6) is 0 Å². The maximum Gasteiger partial charge on any atom is 0.143 e. The highest BCUT2D eigenvalue weighted by Gasteiger charge is 2.07. The van der Waals surface area contributed by atoms with Gasteiger partial charge in [-0.15, -0.1) is 5.10 Å². The van der Waals surface area contributed by atoms with Crippen molar-refractivity contribution in [3.63, 3.8) is 0 Å². The molecule has 0 spiro atoms. The second kappa shape index (κ2) is 6.43. The van der Waals surface area contributed by atoms with E-state index in [1.165, 1.54) is 12.0 Å². The maximum atomic E-state index is 3.91. The summed E-state index contributed by atoms with van der Waals surface area (Å²) in [6.45, 7) is 7.70. The molecule has 2 rings (SSSR count). The highest BCUT2D eigenvalue weighted by molar-refractivity contribution is 5.35. The highest BCUT2D eigenvalue weighted by Crippen LogP contribution is 2.16. The SMILES string of the molecule is CC(C)CCNC(C)c1cccc(-n2cnnn2)c1. The molecule has 1 N–H and O–H groups in total. The largest absolute Gasteiger partial charge is 0.310 e. The third kappa shape index (κ3) is 3.86. The first-order valence-corrected chi connectivity index (χ1v) is 6.73. The van der Waals surface area contributed by atoms with Crippen LogP contribution in [0.25, 0.3) is 5.69 Å². The fourth-order valence-electron chi connectivity index (χ4n) is 1.92. The Morgan fingerprint density at radius 2 is 2.11 bits per heavy atom. The first-order valence-electron chi connectivity index (χ1n) is 6.73. The number of rotatable bonds is 6. The summed E-state index contributed by atoms with van der Waals surface area (Å²) in [5, 5.41) is 14.8.